The van der Waals surface area contributed by atoms with Crippen LogP contribution in [0, 0.1) is 11.3 Å². The van der Waals surface area contributed by atoms with E-state index in [0.29, 0.717) is 30.4 Å². The third-order valence-corrected chi connectivity index (χ3v) is 8.14. The van der Waals surface area contributed by atoms with E-state index in [1.54, 1.807) is 36.2 Å². The molecule has 2 amide bonds. The van der Waals surface area contributed by atoms with Gasteiger partial charge in [0, 0.05) is 63.2 Å². The van der Waals surface area contributed by atoms with Gasteiger partial charge in [0.25, 0.3) is 5.91 Å². The summed E-state index contributed by atoms with van der Waals surface area (Å²) in [5.74, 6) is -0.275. The van der Waals surface area contributed by atoms with Crippen molar-refractivity contribution in [3.05, 3.63) is 71.0 Å². The van der Waals surface area contributed by atoms with E-state index in [1.807, 2.05) is 35.2 Å². The van der Waals surface area contributed by atoms with Crippen molar-refractivity contribution in [3.63, 3.8) is 0 Å². The largest absolute Gasteiger partial charge is 0.370 e. The lowest BCUT2D eigenvalue weighted by atomic mass is 10.1. The number of nitriles is 1. The number of hydrogen-bond acceptors (Lipinski definition) is 10. The van der Waals surface area contributed by atoms with E-state index in [1.165, 1.54) is 32.8 Å². The zero-order valence-corrected chi connectivity index (χ0v) is 29.8. The van der Waals surface area contributed by atoms with Gasteiger partial charge in [-0.1, -0.05) is 44.0 Å². The van der Waals surface area contributed by atoms with E-state index in [9.17, 15) is 18.0 Å². The Kier molecular flexibility index (Phi) is 18.0. The summed E-state index contributed by atoms with van der Waals surface area (Å²) in [6.07, 6.45) is 3.81. The number of benzene rings is 2. The van der Waals surface area contributed by atoms with Crippen LogP contribution in [-0.2, 0) is 14.8 Å². The van der Waals surface area contributed by atoms with Gasteiger partial charge in [0.2, 0.25) is 21.9 Å². The van der Waals surface area contributed by atoms with Crippen molar-refractivity contribution in [1.29, 1.82) is 5.26 Å². The first-order valence-corrected chi connectivity index (χ1v) is 17.7. The van der Waals surface area contributed by atoms with Crippen molar-refractivity contribution in [2.75, 3.05) is 60.4 Å². The van der Waals surface area contributed by atoms with Crippen LogP contribution in [0.3, 0.4) is 0 Å². The molecule has 1 fully saturated rings. The molecule has 0 radical (unpaired) electrons. The van der Waals surface area contributed by atoms with E-state index in [4.69, 9.17) is 16.9 Å². The van der Waals surface area contributed by atoms with Crippen LogP contribution in [0.2, 0.25) is 5.15 Å². The molecule has 0 unspecified atom stereocenters. The van der Waals surface area contributed by atoms with Crippen molar-refractivity contribution in [2.45, 2.75) is 32.1 Å². The zero-order chi connectivity index (χ0) is 34.9. The van der Waals surface area contributed by atoms with E-state index in [-0.39, 0.29) is 22.3 Å². The predicted molar refractivity (Wildman–Crippen MR) is 188 cm³/mol. The van der Waals surface area contributed by atoms with Crippen molar-refractivity contribution in [2.24, 2.45) is 5.73 Å². The Morgan fingerprint density at radius 3 is 2.13 bits per heavy atom. The molecule has 46 heavy (non-hydrogen) atoms. The van der Waals surface area contributed by atoms with Gasteiger partial charge >= 0.3 is 0 Å². The van der Waals surface area contributed by atoms with Gasteiger partial charge in [-0.25, -0.2) is 22.7 Å². The Labute approximate surface area is 286 Å². The van der Waals surface area contributed by atoms with Crippen molar-refractivity contribution in [3.8, 4) is 6.07 Å². The van der Waals surface area contributed by atoms with E-state index in [0.717, 1.165) is 28.5 Å². The highest BCUT2D eigenvalue weighted by Crippen LogP contribution is 2.27. The molecule has 3 N–H and O–H groups in total. The Bertz CT molecular complexity index is 1560. The van der Waals surface area contributed by atoms with Gasteiger partial charge in [-0.3, -0.25) is 13.9 Å². The first-order valence-electron chi connectivity index (χ1n) is 14.0. The second kappa shape index (κ2) is 20.5. The number of sulfonamides is 1. The number of rotatable bonds is 7. The average molecular weight is 712 g/mol. The normalized spacial score (nSPS) is 12.5. The van der Waals surface area contributed by atoms with Crippen LogP contribution in [0.5, 0.6) is 0 Å². The van der Waals surface area contributed by atoms with Crippen LogP contribution in [0.25, 0.3) is 0 Å². The molecule has 2 heterocycles. The van der Waals surface area contributed by atoms with Crippen LogP contribution in [0.1, 0.15) is 43.2 Å². The number of anilines is 3. The van der Waals surface area contributed by atoms with Gasteiger partial charge in [0.05, 0.1) is 17.5 Å². The number of alkyl halides is 1. The summed E-state index contributed by atoms with van der Waals surface area (Å²) in [7, 11) is -2.10. The third kappa shape index (κ3) is 13.8. The van der Waals surface area contributed by atoms with Crippen LogP contribution in [0.4, 0.5) is 17.3 Å². The SMILES string of the molecule is CC(N)=O.CCC.CCl.CN(c1ccccc1C(=O)Nc1ccc(SN2CCN(c3nc(Cl)cc(C#N)n3)CC2)cc1)S(C)(=O)=O. The fourth-order valence-corrected chi connectivity index (χ4v) is 5.25. The lowest BCUT2D eigenvalue weighted by Crippen LogP contribution is -2.44. The molecule has 3 aromatic rings. The van der Waals surface area contributed by atoms with Gasteiger partial charge in [0.1, 0.15) is 16.9 Å². The molecule has 1 saturated heterocycles. The zero-order valence-electron chi connectivity index (χ0n) is 26.7. The summed E-state index contributed by atoms with van der Waals surface area (Å²) >= 11 is 12.3. The van der Waals surface area contributed by atoms with Crippen LogP contribution >= 0.6 is 35.1 Å². The topological polar surface area (TPSA) is 166 Å². The Balaban J connectivity index is 0.00000105. The van der Waals surface area contributed by atoms with E-state index < -0.39 is 15.9 Å². The molecule has 1 aliphatic rings. The number of piperazine rings is 1. The molecule has 12 nitrogen and oxygen atoms in total. The average Bonchev–Trinajstić information content (AvgIpc) is 3.02. The standard InChI is InChI=1S/C24H24ClN7O3S2.C3H8.C2H5NO.CH3Cl/c1-30(37(2,34)35)21-6-4-3-5-20(21)23(33)27-17-7-9-19(10-8-17)36-32-13-11-31(12-14-32)24-28-18(16-26)15-22(25)29-24;1-3-2;1-2(3)4;1-2/h3-10,15H,11-14H2,1-2H3,(H,27,33);3H2,1-2H3;1H3,(H2,3,4);1H3. The fourth-order valence-electron chi connectivity index (χ4n) is 3.65. The molecule has 2 aromatic carbocycles. The van der Waals surface area contributed by atoms with Gasteiger partial charge < -0.3 is 16.0 Å². The first-order chi connectivity index (χ1) is 21.8. The lowest BCUT2D eigenvalue weighted by Gasteiger charge is -2.33. The minimum atomic E-state index is -3.51. The summed E-state index contributed by atoms with van der Waals surface area (Å²) in [5, 5.41) is 12.2. The molecule has 16 heteroatoms. The van der Waals surface area contributed by atoms with Gasteiger partial charge in [-0.15, -0.1) is 11.6 Å². The number of nitrogens with two attached hydrogens (primary N) is 1. The molecule has 250 valence electrons. The number of amides is 2. The summed E-state index contributed by atoms with van der Waals surface area (Å²) in [4.78, 5) is 33.6. The Morgan fingerprint density at radius 1 is 1.07 bits per heavy atom. The van der Waals surface area contributed by atoms with E-state index >= 15 is 0 Å². The maximum absolute atomic E-state index is 12.9. The third-order valence-electron chi connectivity index (χ3n) is 5.65. The smallest absolute Gasteiger partial charge is 0.257 e. The molecule has 0 bridgehead atoms. The summed E-state index contributed by atoms with van der Waals surface area (Å²) in [6.45, 7) is 8.44. The van der Waals surface area contributed by atoms with Gasteiger partial charge in [-0.2, -0.15) is 5.26 Å². The number of nitrogens with zero attached hydrogens (tertiary/aromatic N) is 6. The predicted octanol–water partition coefficient (Wildman–Crippen LogP) is 5.24. The molecule has 0 atom stereocenters. The summed E-state index contributed by atoms with van der Waals surface area (Å²) in [5.41, 5.74) is 5.88. The fraction of sp³-hybridized carbons (Fsp3) is 0.367. The van der Waals surface area contributed by atoms with Crippen LogP contribution in [0.15, 0.2) is 59.5 Å². The monoisotopic (exact) mass is 710 g/mol. The first kappa shape index (κ1) is 40.4. The maximum atomic E-state index is 12.9. The second-order valence-electron chi connectivity index (χ2n) is 9.54. The number of primary amides is 1. The highest BCUT2D eigenvalue weighted by molar-refractivity contribution is 7.97. The van der Waals surface area contributed by atoms with Crippen LogP contribution in [-0.4, -0.2) is 80.4 Å². The van der Waals surface area contributed by atoms with Crippen molar-refractivity contribution in [1.82, 2.24) is 14.3 Å². The quantitative estimate of drug-likeness (QED) is 0.188. The van der Waals surface area contributed by atoms with E-state index in [2.05, 4.69) is 50.8 Å². The number of halogens is 2. The summed E-state index contributed by atoms with van der Waals surface area (Å²) < 4.78 is 27.2. The molecule has 4 rings (SSSR count). The number of aromatic nitrogens is 2. The number of carbonyl (C=O) groups is 2. The maximum Gasteiger partial charge on any atom is 0.257 e. The molecule has 0 spiro atoms. The minimum Gasteiger partial charge on any atom is -0.370 e. The Hall–Kier alpha value is -3.61. The highest BCUT2D eigenvalue weighted by atomic mass is 35.5. The van der Waals surface area contributed by atoms with Crippen molar-refractivity contribution < 1.29 is 18.0 Å². The molecule has 0 aliphatic carbocycles. The van der Waals surface area contributed by atoms with Crippen LogP contribution < -0.4 is 20.3 Å². The van der Waals surface area contributed by atoms with Gasteiger partial charge in [0.15, 0.2) is 0 Å². The molecular formula is C30H40Cl2N8O4S2. The lowest BCUT2D eigenvalue weighted by molar-refractivity contribution is -0.115. The molecule has 1 aliphatic heterocycles. The van der Waals surface area contributed by atoms with Gasteiger partial charge in [-0.05, 0) is 48.3 Å². The minimum absolute atomic E-state index is 0.241. The number of hydrogen-bond donors (Lipinski definition) is 2. The van der Waals surface area contributed by atoms with Crippen molar-refractivity contribution >= 4 is 74.3 Å². The number of nitrogens with one attached hydrogen (secondary N) is 1. The molecule has 1 aromatic heterocycles. The Morgan fingerprint density at radius 2 is 1.61 bits per heavy atom. The number of para-hydroxylation sites is 1. The number of carbonyl (C=O) groups excluding carboxylic acids is 2. The molecular weight excluding hydrogens is 671 g/mol. The second-order valence-corrected chi connectivity index (χ2v) is 13.1. The molecule has 0 saturated carbocycles. The summed E-state index contributed by atoms with van der Waals surface area (Å²) in [6, 6.07) is 17.4. The highest BCUT2D eigenvalue weighted by Gasteiger charge is 2.22.